The third kappa shape index (κ3) is 4.13. The highest BCUT2D eigenvalue weighted by atomic mass is 16.2. The largest absolute Gasteiger partial charge is 0.388 e. The lowest BCUT2D eigenvalue weighted by atomic mass is 9.99. The number of amides is 1. The molecule has 0 unspecified atom stereocenters. The molecule has 1 aliphatic rings. The Morgan fingerprint density at radius 2 is 1.79 bits per heavy atom. The molecule has 0 fully saturated rings. The summed E-state index contributed by atoms with van der Waals surface area (Å²) in [6.45, 7) is 2.19. The van der Waals surface area contributed by atoms with Gasteiger partial charge in [0.05, 0.1) is 0 Å². The Balaban J connectivity index is 1.42. The van der Waals surface area contributed by atoms with Gasteiger partial charge in [-0.1, -0.05) is 60.7 Å². The molecule has 1 N–H and O–H groups in total. The van der Waals surface area contributed by atoms with E-state index in [2.05, 4.69) is 29.6 Å². The second kappa shape index (κ2) is 8.16. The van der Waals surface area contributed by atoms with Crippen LogP contribution in [0.3, 0.4) is 0 Å². The van der Waals surface area contributed by atoms with Crippen molar-refractivity contribution in [2.75, 3.05) is 19.6 Å². The average Bonchev–Trinajstić information content (AvgIpc) is 2.64. The van der Waals surface area contributed by atoms with Crippen LogP contribution in [0.15, 0.2) is 72.9 Å². The smallest absolute Gasteiger partial charge is 0.254 e. The van der Waals surface area contributed by atoms with E-state index in [4.69, 9.17) is 0 Å². The van der Waals surface area contributed by atoms with Gasteiger partial charge in [0.25, 0.3) is 5.91 Å². The van der Waals surface area contributed by atoms with Crippen LogP contribution in [0.4, 0.5) is 0 Å². The maximum absolute atomic E-state index is 12.4. The highest BCUT2D eigenvalue weighted by Gasteiger charge is 2.22. The van der Waals surface area contributed by atoms with E-state index in [-0.39, 0.29) is 5.91 Å². The van der Waals surface area contributed by atoms with Gasteiger partial charge in [-0.15, -0.1) is 0 Å². The van der Waals surface area contributed by atoms with E-state index in [1.165, 1.54) is 5.56 Å². The van der Waals surface area contributed by atoms with Crippen molar-refractivity contribution in [1.82, 2.24) is 10.2 Å². The Morgan fingerprint density at radius 1 is 1.00 bits per heavy atom. The number of hydrogen-bond acceptors (Lipinski definition) is 2. The van der Waals surface area contributed by atoms with Gasteiger partial charge >= 0.3 is 0 Å². The summed E-state index contributed by atoms with van der Waals surface area (Å²) in [7, 11) is 0. The standard InChI is InChI=1S/C21H22N2O/c24-21-20-12-5-4-11-19(20)13-17-23(21)16-7-15-22-14-6-10-18-8-2-1-3-9-18/h1-12,15,22H,13-14,16-17H2. The summed E-state index contributed by atoms with van der Waals surface area (Å²) in [5.41, 5.74) is 3.20. The average molecular weight is 318 g/mol. The van der Waals surface area contributed by atoms with Crippen LogP contribution in [0.2, 0.25) is 0 Å². The van der Waals surface area contributed by atoms with Crippen LogP contribution in [0.5, 0.6) is 0 Å². The first-order valence-corrected chi connectivity index (χ1v) is 8.32. The Hall–Kier alpha value is -2.81. The summed E-state index contributed by atoms with van der Waals surface area (Å²) in [6, 6.07) is 18.1. The van der Waals surface area contributed by atoms with Crippen LogP contribution in [0.1, 0.15) is 21.5 Å². The molecule has 0 radical (unpaired) electrons. The van der Waals surface area contributed by atoms with Crippen molar-refractivity contribution in [3.63, 3.8) is 0 Å². The fraction of sp³-hybridized carbons (Fsp3) is 0.190. The number of carbonyl (C=O) groups is 1. The molecular formula is C21H22N2O. The Bertz CT molecular complexity index is 735. The molecule has 1 aliphatic heterocycles. The van der Waals surface area contributed by atoms with Crippen LogP contribution >= 0.6 is 0 Å². The van der Waals surface area contributed by atoms with Crippen molar-refractivity contribution < 1.29 is 4.79 Å². The van der Waals surface area contributed by atoms with Crippen molar-refractivity contribution in [3.8, 4) is 0 Å². The van der Waals surface area contributed by atoms with E-state index >= 15 is 0 Å². The fourth-order valence-corrected chi connectivity index (χ4v) is 2.81. The first-order valence-electron chi connectivity index (χ1n) is 8.32. The summed E-state index contributed by atoms with van der Waals surface area (Å²) < 4.78 is 0. The van der Waals surface area contributed by atoms with Crippen LogP contribution in [0.25, 0.3) is 6.08 Å². The molecule has 1 amide bonds. The lowest BCUT2D eigenvalue weighted by molar-refractivity contribution is 0.0759. The first-order chi connectivity index (χ1) is 11.8. The first kappa shape index (κ1) is 16.1. The molecule has 24 heavy (non-hydrogen) atoms. The van der Waals surface area contributed by atoms with Crippen LogP contribution in [-0.4, -0.2) is 30.4 Å². The highest BCUT2D eigenvalue weighted by molar-refractivity contribution is 5.96. The van der Waals surface area contributed by atoms with Gasteiger partial charge in [0.15, 0.2) is 0 Å². The number of benzene rings is 2. The number of nitrogens with one attached hydrogen (secondary N) is 1. The Kier molecular flexibility index (Phi) is 5.46. The maximum Gasteiger partial charge on any atom is 0.254 e. The van der Waals surface area contributed by atoms with E-state index < -0.39 is 0 Å². The highest BCUT2D eigenvalue weighted by Crippen LogP contribution is 2.18. The number of hydrogen-bond donors (Lipinski definition) is 1. The molecule has 0 atom stereocenters. The van der Waals surface area contributed by atoms with E-state index in [0.717, 1.165) is 30.6 Å². The van der Waals surface area contributed by atoms with Gasteiger partial charge in [-0.05, 0) is 35.9 Å². The molecule has 2 aromatic rings. The van der Waals surface area contributed by atoms with Crippen molar-refractivity contribution in [2.24, 2.45) is 0 Å². The van der Waals surface area contributed by atoms with Crippen molar-refractivity contribution in [2.45, 2.75) is 6.42 Å². The summed E-state index contributed by atoms with van der Waals surface area (Å²) in [5, 5.41) is 3.22. The van der Waals surface area contributed by atoms with Crippen molar-refractivity contribution in [3.05, 3.63) is 89.6 Å². The lowest BCUT2D eigenvalue weighted by Crippen LogP contribution is -2.37. The van der Waals surface area contributed by atoms with Gasteiger partial charge < -0.3 is 10.2 Å². The van der Waals surface area contributed by atoms with Gasteiger partial charge in [-0.2, -0.15) is 0 Å². The third-order valence-corrected chi connectivity index (χ3v) is 4.09. The SMILES string of the molecule is O=C1c2ccccc2CCN1CC=CNCC=Cc1ccccc1. The summed E-state index contributed by atoms with van der Waals surface area (Å²) in [6.07, 6.45) is 9.03. The minimum atomic E-state index is 0.130. The van der Waals surface area contributed by atoms with Crippen LogP contribution in [0, 0.1) is 0 Å². The lowest BCUT2D eigenvalue weighted by Gasteiger charge is -2.27. The number of fused-ring (bicyclic) bond motifs is 1. The third-order valence-electron chi connectivity index (χ3n) is 4.09. The second-order valence-corrected chi connectivity index (χ2v) is 5.78. The normalized spacial score (nSPS) is 14.3. The maximum atomic E-state index is 12.4. The Labute approximate surface area is 143 Å². The number of nitrogens with zero attached hydrogens (tertiary/aromatic N) is 1. The minimum Gasteiger partial charge on any atom is -0.388 e. The van der Waals surface area contributed by atoms with Gasteiger partial charge in [0.2, 0.25) is 0 Å². The summed E-state index contributed by atoms with van der Waals surface area (Å²) in [4.78, 5) is 14.3. The van der Waals surface area contributed by atoms with Gasteiger partial charge in [0.1, 0.15) is 0 Å². The molecule has 2 aromatic carbocycles. The van der Waals surface area contributed by atoms with E-state index in [0.29, 0.717) is 6.54 Å². The molecule has 0 aromatic heterocycles. The van der Waals surface area contributed by atoms with Crippen molar-refractivity contribution in [1.29, 1.82) is 0 Å². The number of carbonyl (C=O) groups excluding carboxylic acids is 1. The quantitative estimate of drug-likeness (QED) is 0.827. The Morgan fingerprint density at radius 3 is 2.67 bits per heavy atom. The van der Waals surface area contributed by atoms with Crippen molar-refractivity contribution >= 4 is 12.0 Å². The second-order valence-electron chi connectivity index (χ2n) is 5.78. The molecule has 3 nitrogen and oxygen atoms in total. The molecule has 0 spiro atoms. The molecule has 3 heteroatoms. The summed E-state index contributed by atoms with van der Waals surface area (Å²) in [5.74, 6) is 0.130. The fourth-order valence-electron chi connectivity index (χ4n) is 2.81. The predicted octanol–water partition coefficient (Wildman–Crippen LogP) is 3.50. The van der Waals surface area contributed by atoms with Gasteiger partial charge in [-0.25, -0.2) is 0 Å². The molecule has 0 saturated heterocycles. The molecule has 0 aliphatic carbocycles. The topological polar surface area (TPSA) is 32.3 Å². The van der Waals surface area contributed by atoms with E-state index in [1.54, 1.807) is 0 Å². The van der Waals surface area contributed by atoms with Gasteiger partial charge in [0, 0.05) is 25.2 Å². The van der Waals surface area contributed by atoms with Crippen LogP contribution in [-0.2, 0) is 6.42 Å². The monoisotopic (exact) mass is 318 g/mol. The molecule has 3 rings (SSSR count). The minimum absolute atomic E-state index is 0.130. The van der Waals surface area contributed by atoms with E-state index in [1.807, 2.05) is 59.6 Å². The molecule has 0 saturated carbocycles. The zero-order valence-electron chi connectivity index (χ0n) is 13.7. The summed E-state index contributed by atoms with van der Waals surface area (Å²) >= 11 is 0. The zero-order valence-corrected chi connectivity index (χ0v) is 13.7. The van der Waals surface area contributed by atoms with Gasteiger partial charge in [-0.3, -0.25) is 4.79 Å². The molecule has 0 bridgehead atoms. The molecule has 1 heterocycles. The molecule has 122 valence electrons. The predicted molar refractivity (Wildman–Crippen MR) is 98.7 cm³/mol. The number of rotatable bonds is 6. The molecular weight excluding hydrogens is 296 g/mol. The van der Waals surface area contributed by atoms with E-state index in [9.17, 15) is 4.79 Å². The van der Waals surface area contributed by atoms with Crippen LogP contribution < -0.4 is 5.32 Å². The zero-order chi connectivity index (χ0) is 16.6.